The van der Waals surface area contributed by atoms with Crippen LogP contribution in [-0.4, -0.2) is 31.3 Å². The summed E-state index contributed by atoms with van der Waals surface area (Å²) < 4.78 is 35.4. The molecule has 2 N–H and O–H groups in total. The van der Waals surface area contributed by atoms with Crippen molar-refractivity contribution >= 4 is 0 Å². The van der Waals surface area contributed by atoms with Crippen molar-refractivity contribution in [3.8, 4) is 0 Å². The third kappa shape index (κ3) is 4.28. The van der Waals surface area contributed by atoms with Gasteiger partial charge in [-0.25, -0.2) is 0 Å². The van der Waals surface area contributed by atoms with E-state index in [-0.39, 0.29) is 12.1 Å². The first-order valence-electron chi connectivity index (χ1n) is 4.94. The summed E-state index contributed by atoms with van der Waals surface area (Å²) in [6.45, 7) is 3.64. The molecule has 2 nitrogen and oxygen atoms in total. The summed E-state index contributed by atoms with van der Waals surface area (Å²) >= 11 is 0. The van der Waals surface area contributed by atoms with E-state index in [2.05, 4.69) is 10.6 Å². The Kier molecular flexibility index (Phi) is 3.78. The van der Waals surface area contributed by atoms with Crippen LogP contribution in [0.1, 0.15) is 26.2 Å². The second kappa shape index (κ2) is 4.49. The van der Waals surface area contributed by atoms with E-state index in [1.54, 1.807) is 0 Å². The molecule has 0 aromatic carbocycles. The molecule has 1 fully saturated rings. The SMILES string of the molecule is CC1(CNCCC(F)(F)F)CCCN1. The van der Waals surface area contributed by atoms with Crippen LogP contribution in [0.15, 0.2) is 0 Å². The van der Waals surface area contributed by atoms with E-state index in [4.69, 9.17) is 0 Å². The van der Waals surface area contributed by atoms with Gasteiger partial charge in [0.2, 0.25) is 0 Å². The first kappa shape index (κ1) is 11.8. The van der Waals surface area contributed by atoms with E-state index >= 15 is 0 Å². The van der Waals surface area contributed by atoms with E-state index < -0.39 is 12.6 Å². The highest BCUT2D eigenvalue weighted by Crippen LogP contribution is 2.19. The fourth-order valence-electron chi connectivity index (χ4n) is 1.70. The van der Waals surface area contributed by atoms with Crippen LogP contribution in [0.25, 0.3) is 0 Å². The van der Waals surface area contributed by atoms with Crippen molar-refractivity contribution in [1.29, 1.82) is 0 Å². The summed E-state index contributed by atoms with van der Waals surface area (Å²) in [6.07, 6.45) is -2.65. The molecule has 1 unspecified atom stereocenters. The number of nitrogens with one attached hydrogen (secondary N) is 2. The first-order valence-corrected chi connectivity index (χ1v) is 4.94. The lowest BCUT2D eigenvalue weighted by molar-refractivity contribution is -0.133. The zero-order chi connectivity index (χ0) is 10.7. The monoisotopic (exact) mass is 210 g/mol. The number of hydrogen-bond donors (Lipinski definition) is 2. The van der Waals surface area contributed by atoms with Crippen molar-refractivity contribution in [2.24, 2.45) is 0 Å². The van der Waals surface area contributed by atoms with Crippen LogP contribution >= 0.6 is 0 Å². The topological polar surface area (TPSA) is 24.1 Å². The highest BCUT2D eigenvalue weighted by atomic mass is 19.4. The molecule has 14 heavy (non-hydrogen) atoms. The quantitative estimate of drug-likeness (QED) is 0.690. The van der Waals surface area contributed by atoms with Gasteiger partial charge in [0.1, 0.15) is 0 Å². The highest BCUT2D eigenvalue weighted by Gasteiger charge is 2.29. The Morgan fingerprint density at radius 2 is 2.14 bits per heavy atom. The summed E-state index contributed by atoms with van der Waals surface area (Å²) in [5, 5.41) is 6.13. The smallest absolute Gasteiger partial charge is 0.315 e. The van der Waals surface area contributed by atoms with Crippen LogP contribution in [-0.2, 0) is 0 Å². The Balaban J connectivity index is 2.09. The molecule has 1 aliphatic rings. The van der Waals surface area contributed by atoms with Gasteiger partial charge in [0.25, 0.3) is 0 Å². The molecule has 1 rings (SSSR count). The van der Waals surface area contributed by atoms with Crippen molar-refractivity contribution in [1.82, 2.24) is 10.6 Å². The maximum atomic E-state index is 11.8. The molecule has 5 heteroatoms. The first-order chi connectivity index (χ1) is 6.41. The predicted octanol–water partition coefficient (Wildman–Crippen LogP) is 1.67. The Bertz CT molecular complexity index is 173. The normalized spacial score (nSPS) is 28.3. The molecule has 0 aliphatic carbocycles. The fraction of sp³-hybridized carbons (Fsp3) is 1.00. The van der Waals surface area contributed by atoms with Gasteiger partial charge in [0.05, 0.1) is 6.42 Å². The van der Waals surface area contributed by atoms with Crippen LogP contribution in [0.3, 0.4) is 0 Å². The molecule has 0 bridgehead atoms. The van der Waals surface area contributed by atoms with E-state index in [1.807, 2.05) is 6.92 Å². The average molecular weight is 210 g/mol. The predicted molar refractivity (Wildman–Crippen MR) is 49.2 cm³/mol. The Labute approximate surface area is 82.2 Å². The number of halogens is 3. The van der Waals surface area contributed by atoms with Crippen LogP contribution in [0.2, 0.25) is 0 Å². The third-order valence-electron chi connectivity index (χ3n) is 2.56. The molecule has 0 amide bonds. The molecular formula is C9H17F3N2. The Morgan fingerprint density at radius 3 is 2.64 bits per heavy atom. The second-order valence-corrected chi connectivity index (χ2v) is 4.13. The minimum atomic E-state index is -4.04. The van der Waals surface area contributed by atoms with E-state index in [0.717, 1.165) is 19.4 Å². The molecule has 1 aliphatic heterocycles. The van der Waals surface area contributed by atoms with E-state index in [0.29, 0.717) is 6.54 Å². The minimum Gasteiger partial charge on any atom is -0.315 e. The lowest BCUT2D eigenvalue weighted by Gasteiger charge is -2.24. The van der Waals surface area contributed by atoms with Gasteiger partial charge >= 0.3 is 6.18 Å². The van der Waals surface area contributed by atoms with Gasteiger partial charge in [-0.05, 0) is 26.3 Å². The summed E-state index contributed by atoms with van der Waals surface area (Å²) in [4.78, 5) is 0. The number of hydrogen-bond acceptors (Lipinski definition) is 2. The molecule has 0 saturated carbocycles. The molecule has 0 aromatic rings. The van der Waals surface area contributed by atoms with Crippen LogP contribution in [0.4, 0.5) is 13.2 Å². The Morgan fingerprint density at radius 1 is 1.43 bits per heavy atom. The minimum absolute atomic E-state index is 0.00833. The molecule has 1 saturated heterocycles. The van der Waals surface area contributed by atoms with Crippen molar-refractivity contribution < 1.29 is 13.2 Å². The van der Waals surface area contributed by atoms with E-state index in [9.17, 15) is 13.2 Å². The lowest BCUT2D eigenvalue weighted by Crippen LogP contribution is -2.46. The second-order valence-electron chi connectivity index (χ2n) is 4.13. The van der Waals surface area contributed by atoms with Gasteiger partial charge in [-0.3, -0.25) is 0 Å². The molecule has 0 spiro atoms. The maximum absolute atomic E-state index is 11.8. The van der Waals surface area contributed by atoms with Crippen molar-refractivity contribution in [3.63, 3.8) is 0 Å². The van der Waals surface area contributed by atoms with Gasteiger partial charge in [0.15, 0.2) is 0 Å². The Hall–Kier alpha value is -0.290. The zero-order valence-corrected chi connectivity index (χ0v) is 8.38. The summed E-state index contributed by atoms with van der Waals surface area (Å²) in [5.74, 6) is 0. The average Bonchev–Trinajstić information content (AvgIpc) is 2.45. The zero-order valence-electron chi connectivity index (χ0n) is 8.38. The van der Waals surface area contributed by atoms with Gasteiger partial charge in [-0.15, -0.1) is 0 Å². The van der Waals surface area contributed by atoms with Gasteiger partial charge in [0, 0.05) is 18.6 Å². The van der Waals surface area contributed by atoms with Gasteiger partial charge in [-0.1, -0.05) is 0 Å². The number of rotatable bonds is 4. The molecule has 1 atom stereocenters. The van der Waals surface area contributed by atoms with E-state index in [1.165, 1.54) is 0 Å². The lowest BCUT2D eigenvalue weighted by atomic mass is 10.0. The van der Waals surface area contributed by atoms with Gasteiger partial charge in [-0.2, -0.15) is 13.2 Å². The van der Waals surface area contributed by atoms with Crippen LogP contribution < -0.4 is 10.6 Å². The molecule has 1 heterocycles. The number of alkyl halides is 3. The van der Waals surface area contributed by atoms with Crippen LogP contribution in [0.5, 0.6) is 0 Å². The summed E-state index contributed by atoms with van der Waals surface area (Å²) in [6, 6.07) is 0. The molecular weight excluding hydrogens is 193 g/mol. The maximum Gasteiger partial charge on any atom is 0.390 e. The van der Waals surface area contributed by atoms with Crippen molar-refractivity contribution in [3.05, 3.63) is 0 Å². The van der Waals surface area contributed by atoms with Crippen molar-refractivity contribution in [2.75, 3.05) is 19.6 Å². The largest absolute Gasteiger partial charge is 0.390 e. The fourth-order valence-corrected chi connectivity index (χ4v) is 1.70. The molecule has 0 radical (unpaired) electrons. The third-order valence-corrected chi connectivity index (χ3v) is 2.56. The summed E-state index contributed by atoms with van der Waals surface area (Å²) in [5.41, 5.74) is -0.00833. The summed E-state index contributed by atoms with van der Waals surface area (Å²) in [7, 11) is 0. The van der Waals surface area contributed by atoms with Crippen LogP contribution in [0, 0.1) is 0 Å². The van der Waals surface area contributed by atoms with Gasteiger partial charge < -0.3 is 10.6 Å². The highest BCUT2D eigenvalue weighted by molar-refractivity contribution is 4.90. The standard InChI is InChI=1S/C9H17F3N2/c1-8(3-2-5-14-8)7-13-6-4-9(10,11)12/h13-14H,2-7H2,1H3. The molecule has 84 valence electrons. The van der Waals surface area contributed by atoms with Crippen molar-refractivity contribution in [2.45, 2.75) is 37.9 Å². The molecule has 0 aromatic heterocycles.